The van der Waals surface area contributed by atoms with E-state index in [-0.39, 0.29) is 12.8 Å². The Balaban J connectivity index is 1.49. The SMILES string of the molecule is CN(C(=O)[C@H](CCc1ccccc1)NC(=O)NS(=O)(=O)N[C@@H](Cc1ccccc1)C(=O)N(C)c1ccccc1)c1ccccc1. The molecule has 0 fully saturated rings. The first-order valence-electron chi connectivity index (χ1n) is 14.5. The molecular formula is C34H37N5O5S. The number of hydrogen-bond acceptors (Lipinski definition) is 5. The lowest BCUT2D eigenvalue weighted by molar-refractivity contribution is -0.120. The molecule has 0 aliphatic heterocycles. The molecule has 0 aromatic heterocycles. The lowest BCUT2D eigenvalue weighted by atomic mass is 10.0. The minimum Gasteiger partial charge on any atom is -0.325 e. The van der Waals surface area contributed by atoms with Crippen LogP contribution in [0, 0.1) is 0 Å². The van der Waals surface area contributed by atoms with Crippen molar-refractivity contribution in [2.24, 2.45) is 0 Å². The fourth-order valence-corrected chi connectivity index (χ4v) is 5.71. The maximum absolute atomic E-state index is 13.5. The van der Waals surface area contributed by atoms with Crippen LogP contribution in [0.5, 0.6) is 0 Å². The van der Waals surface area contributed by atoms with Gasteiger partial charge in [0.05, 0.1) is 0 Å². The molecule has 4 amide bonds. The number of urea groups is 1. The Labute approximate surface area is 264 Å². The molecule has 0 saturated carbocycles. The average molecular weight is 628 g/mol. The summed E-state index contributed by atoms with van der Waals surface area (Å²) in [5.74, 6) is -0.935. The van der Waals surface area contributed by atoms with E-state index in [1.165, 1.54) is 9.80 Å². The molecule has 4 aromatic rings. The molecule has 3 N–H and O–H groups in total. The Morgan fingerprint density at radius 2 is 1.04 bits per heavy atom. The number of carbonyl (C=O) groups is 3. The van der Waals surface area contributed by atoms with Gasteiger partial charge in [-0.2, -0.15) is 13.1 Å². The summed E-state index contributed by atoms with van der Waals surface area (Å²) < 4.78 is 30.8. The predicted molar refractivity (Wildman–Crippen MR) is 176 cm³/mol. The summed E-state index contributed by atoms with van der Waals surface area (Å²) in [6.07, 6.45) is 0.724. The number of rotatable bonds is 13. The smallest absolute Gasteiger partial charge is 0.325 e. The highest BCUT2D eigenvalue weighted by Crippen LogP contribution is 2.16. The van der Waals surface area contributed by atoms with Gasteiger partial charge in [-0.1, -0.05) is 97.1 Å². The van der Waals surface area contributed by atoms with E-state index in [0.29, 0.717) is 17.8 Å². The number of benzene rings is 4. The van der Waals surface area contributed by atoms with Gasteiger partial charge in [-0.3, -0.25) is 9.59 Å². The molecule has 4 rings (SSSR count). The zero-order valence-electron chi connectivity index (χ0n) is 25.2. The number of anilines is 2. The number of nitrogens with one attached hydrogen (secondary N) is 3. The summed E-state index contributed by atoms with van der Waals surface area (Å²) >= 11 is 0. The van der Waals surface area contributed by atoms with Crippen LogP contribution in [0.25, 0.3) is 0 Å². The number of amides is 4. The van der Waals surface area contributed by atoms with E-state index in [1.54, 1.807) is 86.9 Å². The number of likely N-dealkylation sites (N-methyl/N-ethyl adjacent to an activating group) is 2. The van der Waals surface area contributed by atoms with Gasteiger partial charge in [-0.25, -0.2) is 9.52 Å². The van der Waals surface area contributed by atoms with Crippen molar-refractivity contribution < 1.29 is 22.8 Å². The summed E-state index contributed by atoms with van der Waals surface area (Å²) in [6.45, 7) is 0. The maximum Gasteiger partial charge on any atom is 0.330 e. The van der Waals surface area contributed by atoms with E-state index in [0.717, 1.165) is 11.1 Å². The summed E-state index contributed by atoms with van der Waals surface area (Å²) in [5.41, 5.74) is 2.88. The van der Waals surface area contributed by atoms with Crippen LogP contribution < -0.4 is 24.6 Å². The van der Waals surface area contributed by atoms with Crippen molar-refractivity contribution in [1.82, 2.24) is 14.8 Å². The van der Waals surface area contributed by atoms with Crippen molar-refractivity contribution >= 4 is 39.4 Å². The third-order valence-corrected chi connectivity index (χ3v) is 8.27. The topological polar surface area (TPSA) is 128 Å². The van der Waals surface area contributed by atoms with Gasteiger partial charge >= 0.3 is 16.2 Å². The molecule has 10 nitrogen and oxygen atoms in total. The molecule has 0 saturated heterocycles. The van der Waals surface area contributed by atoms with Gasteiger partial charge in [0.1, 0.15) is 12.1 Å². The summed E-state index contributed by atoms with van der Waals surface area (Å²) in [5, 5.41) is 2.54. The molecule has 0 heterocycles. The zero-order valence-corrected chi connectivity index (χ0v) is 26.0. The molecule has 0 unspecified atom stereocenters. The summed E-state index contributed by atoms with van der Waals surface area (Å²) in [7, 11) is -1.41. The van der Waals surface area contributed by atoms with Crippen LogP contribution >= 0.6 is 0 Å². The van der Waals surface area contributed by atoms with E-state index < -0.39 is 40.1 Å². The number of para-hydroxylation sites is 2. The van der Waals surface area contributed by atoms with E-state index >= 15 is 0 Å². The highest BCUT2D eigenvalue weighted by atomic mass is 32.2. The van der Waals surface area contributed by atoms with Crippen molar-refractivity contribution in [3.8, 4) is 0 Å². The van der Waals surface area contributed by atoms with Gasteiger partial charge in [-0.05, 0) is 54.7 Å². The normalized spacial score (nSPS) is 12.4. The van der Waals surface area contributed by atoms with E-state index in [9.17, 15) is 22.8 Å². The van der Waals surface area contributed by atoms with Gasteiger partial charge in [0.2, 0.25) is 11.8 Å². The largest absolute Gasteiger partial charge is 0.330 e. The summed E-state index contributed by atoms with van der Waals surface area (Å²) in [6, 6.07) is 32.8. The molecule has 0 aliphatic carbocycles. The second kappa shape index (κ2) is 15.6. The molecule has 11 heteroatoms. The maximum atomic E-state index is 13.5. The van der Waals surface area contributed by atoms with Gasteiger partial charge in [0.15, 0.2) is 0 Å². The molecule has 0 spiro atoms. The van der Waals surface area contributed by atoms with Crippen LogP contribution in [-0.4, -0.2) is 52.4 Å². The van der Waals surface area contributed by atoms with Crippen LogP contribution in [0.15, 0.2) is 121 Å². The zero-order chi connectivity index (χ0) is 32.2. The molecule has 0 radical (unpaired) electrons. The second-order valence-electron chi connectivity index (χ2n) is 10.5. The Morgan fingerprint density at radius 3 is 1.53 bits per heavy atom. The molecule has 0 aliphatic rings. The van der Waals surface area contributed by atoms with E-state index in [2.05, 4.69) is 10.0 Å². The average Bonchev–Trinajstić information content (AvgIpc) is 3.06. The molecule has 45 heavy (non-hydrogen) atoms. The molecule has 234 valence electrons. The Hall–Kier alpha value is -5.00. The third-order valence-electron chi connectivity index (χ3n) is 7.22. The van der Waals surface area contributed by atoms with Crippen molar-refractivity contribution in [2.75, 3.05) is 23.9 Å². The van der Waals surface area contributed by atoms with Crippen molar-refractivity contribution in [3.63, 3.8) is 0 Å². The van der Waals surface area contributed by atoms with Crippen molar-refractivity contribution in [3.05, 3.63) is 132 Å². The van der Waals surface area contributed by atoms with Crippen LogP contribution in [0.2, 0.25) is 0 Å². The predicted octanol–water partition coefficient (Wildman–Crippen LogP) is 4.06. The minimum absolute atomic E-state index is 0.0411. The quantitative estimate of drug-likeness (QED) is 0.206. The number of aryl methyl sites for hydroxylation is 1. The fourth-order valence-electron chi connectivity index (χ4n) is 4.79. The van der Waals surface area contributed by atoms with Crippen LogP contribution in [0.3, 0.4) is 0 Å². The fraction of sp³-hybridized carbons (Fsp3) is 0.206. The first-order chi connectivity index (χ1) is 21.6. The van der Waals surface area contributed by atoms with Crippen LogP contribution in [0.1, 0.15) is 17.5 Å². The number of hydrogen-bond donors (Lipinski definition) is 3. The highest BCUT2D eigenvalue weighted by molar-refractivity contribution is 7.88. The van der Waals surface area contributed by atoms with Gasteiger partial charge in [0.25, 0.3) is 0 Å². The first-order valence-corrected chi connectivity index (χ1v) is 15.9. The Kier molecular flexibility index (Phi) is 11.4. The van der Waals surface area contributed by atoms with Crippen molar-refractivity contribution in [1.29, 1.82) is 0 Å². The standard InChI is InChI=1S/C34H37N5O5S/c1-38(28-19-11-5-12-20-28)32(40)30(24-23-26-15-7-3-8-16-26)35-34(42)37-45(43,44)36-31(25-27-17-9-4-10-18-27)33(41)39(2)29-21-13-6-14-22-29/h3-22,30-31,36H,23-25H2,1-2H3,(H2,35,37,42)/t30-,31-/m0/s1. The van der Waals surface area contributed by atoms with Gasteiger partial charge < -0.3 is 15.1 Å². The van der Waals surface area contributed by atoms with Crippen LogP contribution in [0.4, 0.5) is 16.2 Å². The van der Waals surface area contributed by atoms with Crippen molar-refractivity contribution in [2.45, 2.75) is 31.3 Å². The lowest BCUT2D eigenvalue weighted by Crippen LogP contribution is -2.56. The molecule has 2 atom stereocenters. The van der Waals surface area contributed by atoms with E-state index in [1.807, 2.05) is 53.3 Å². The lowest BCUT2D eigenvalue weighted by Gasteiger charge is -2.26. The highest BCUT2D eigenvalue weighted by Gasteiger charge is 2.31. The number of carbonyl (C=O) groups excluding carboxylic acids is 3. The molecule has 4 aromatic carbocycles. The van der Waals surface area contributed by atoms with E-state index in [4.69, 9.17) is 0 Å². The third kappa shape index (κ3) is 9.75. The minimum atomic E-state index is -4.56. The van der Waals surface area contributed by atoms with Crippen LogP contribution in [-0.2, 0) is 32.6 Å². The van der Waals surface area contributed by atoms with Gasteiger partial charge in [-0.15, -0.1) is 0 Å². The first kappa shape index (κ1) is 32.9. The van der Waals surface area contributed by atoms with Gasteiger partial charge in [0, 0.05) is 25.5 Å². The number of nitrogens with zero attached hydrogens (tertiary/aromatic N) is 2. The molecule has 0 bridgehead atoms. The Morgan fingerprint density at radius 1 is 0.622 bits per heavy atom. The second-order valence-corrected chi connectivity index (χ2v) is 11.9. The monoisotopic (exact) mass is 627 g/mol. The molecular weight excluding hydrogens is 590 g/mol. The summed E-state index contributed by atoms with van der Waals surface area (Å²) in [4.78, 5) is 42.9. The Bertz CT molecular complexity index is 1660.